The van der Waals surface area contributed by atoms with Crippen molar-refractivity contribution in [3.63, 3.8) is 0 Å². The summed E-state index contributed by atoms with van der Waals surface area (Å²) >= 11 is 20.1. The van der Waals surface area contributed by atoms with Crippen molar-refractivity contribution >= 4 is 69.3 Å². The van der Waals surface area contributed by atoms with Crippen LogP contribution in [0, 0.1) is 6.92 Å². The van der Waals surface area contributed by atoms with E-state index in [2.05, 4.69) is 0 Å². The first-order valence-corrected chi connectivity index (χ1v) is 11.9. The van der Waals surface area contributed by atoms with Crippen LogP contribution in [-0.2, 0) is 9.59 Å². The molecule has 2 heterocycles. The summed E-state index contributed by atoms with van der Waals surface area (Å²) in [5.41, 5.74) is 1.15. The van der Waals surface area contributed by atoms with Gasteiger partial charge in [-0.2, -0.15) is 0 Å². The van der Waals surface area contributed by atoms with Crippen molar-refractivity contribution in [3.05, 3.63) is 78.4 Å². The molecular weight excluding hydrogens is 521 g/mol. The smallest absolute Gasteiger partial charge is 0.300 e. The zero-order valence-electron chi connectivity index (χ0n) is 18.2. The summed E-state index contributed by atoms with van der Waals surface area (Å²) in [5.74, 6) is -1.89. The molecule has 0 saturated carbocycles. The van der Waals surface area contributed by atoms with Crippen LogP contribution in [0.2, 0.25) is 15.1 Å². The van der Waals surface area contributed by atoms with Crippen molar-refractivity contribution in [2.75, 3.05) is 19.1 Å². The summed E-state index contributed by atoms with van der Waals surface area (Å²) < 4.78 is 10.6. The predicted molar refractivity (Wildman–Crippen MR) is 135 cm³/mol. The van der Waals surface area contributed by atoms with Gasteiger partial charge in [-0.25, -0.2) is 0 Å². The molecule has 3 aromatic rings. The van der Waals surface area contributed by atoms with Crippen molar-refractivity contribution < 1.29 is 24.2 Å². The summed E-state index contributed by atoms with van der Waals surface area (Å²) in [6.45, 7) is 1.79. The SMILES string of the molecule is COc1c(Cl)cc(/C(O)=C2/C(=O)C(=O)N(c3ccc(Cl)cc3C)C2c2cccs2)c(OC)c1Cl. The van der Waals surface area contributed by atoms with Crippen LogP contribution < -0.4 is 14.4 Å². The Morgan fingerprint density at radius 2 is 1.76 bits per heavy atom. The van der Waals surface area contributed by atoms with Crippen molar-refractivity contribution in [1.29, 1.82) is 0 Å². The Kier molecular flexibility index (Phi) is 6.82. The van der Waals surface area contributed by atoms with E-state index in [1.54, 1.807) is 37.3 Å². The number of nitrogens with zero attached hydrogens (tertiary/aromatic N) is 1. The second kappa shape index (κ2) is 9.50. The Hall–Kier alpha value is -2.71. The van der Waals surface area contributed by atoms with Gasteiger partial charge < -0.3 is 14.6 Å². The van der Waals surface area contributed by atoms with Crippen LogP contribution >= 0.6 is 46.1 Å². The third-order valence-electron chi connectivity index (χ3n) is 5.47. The van der Waals surface area contributed by atoms with Crippen LogP contribution in [0.4, 0.5) is 5.69 Å². The topological polar surface area (TPSA) is 76.1 Å². The average Bonchev–Trinajstić information content (AvgIpc) is 3.41. The lowest BCUT2D eigenvalue weighted by atomic mass is 9.98. The number of carbonyl (C=O) groups excluding carboxylic acids is 2. The summed E-state index contributed by atoms with van der Waals surface area (Å²) in [6.07, 6.45) is 0. The zero-order chi connectivity index (χ0) is 24.7. The van der Waals surface area contributed by atoms with Crippen LogP contribution in [0.5, 0.6) is 11.5 Å². The van der Waals surface area contributed by atoms with Crippen LogP contribution in [0.3, 0.4) is 0 Å². The lowest BCUT2D eigenvalue weighted by Gasteiger charge is -2.26. The number of anilines is 1. The minimum absolute atomic E-state index is 0.0227. The lowest BCUT2D eigenvalue weighted by molar-refractivity contribution is -0.132. The molecule has 1 N–H and O–H groups in total. The van der Waals surface area contributed by atoms with Crippen LogP contribution in [0.25, 0.3) is 5.76 Å². The van der Waals surface area contributed by atoms with Gasteiger partial charge in [0, 0.05) is 15.6 Å². The second-order valence-corrected chi connectivity index (χ2v) is 9.60. The number of carbonyl (C=O) groups is 2. The third-order valence-corrected chi connectivity index (χ3v) is 7.25. The number of thiophene rings is 1. The van der Waals surface area contributed by atoms with E-state index in [4.69, 9.17) is 44.3 Å². The lowest BCUT2D eigenvalue weighted by Crippen LogP contribution is -2.29. The van der Waals surface area contributed by atoms with Crippen LogP contribution in [-0.4, -0.2) is 31.0 Å². The number of aliphatic hydroxyl groups excluding tert-OH is 1. The van der Waals surface area contributed by atoms with Gasteiger partial charge in [0.25, 0.3) is 11.7 Å². The first kappa shape index (κ1) is 24.4. The summed E-state index contributed by atoms with van der Waals surface area (Å²) in [4.78, 5) is 28.6. The van der Waals surface area contributed by atoms with Crippen molar-refractivity contribution in [2.45, 2.75) is 13.0 Å². The van der Waals surface area contributed by atoms with Crippen molar-refractivity contribution in [3.8, 4) is 11.5 Å². The number of aliphatic hydroxyl groups is 1. The maximum atomic E-state index is 13.3. The maximum absolute atomic E-state index is 13.3. The number of halogens is 3. The van der Waals surface area contributed by atoms with Gasteiger partial charge in [-0.05, 0) is 48.2 Å². The van der Waals surface area contributed by atoms with Crippen molar-refractivity contribution in [1.82, 2.24) is 0 Å². The molecular formula is C24H18Cl3NO5S. The van der Waals surface area contributed by atoms with E-state index in [0.29, 0.717) is 21.2 Å². The molecule has 1 aliphatic rings. The number of Topliss-reactive ketones (excluding diaryl/α,β-unsaturated/α-hetero) is 1. The van der Waals surface area contributed by atoms with Gasteiger partial charge in [0.05, 0.1) is 30.4 Å². The Morgan fingerprint density at radius 3 is 2.35 bits per heavy atom. The summed E-state index contributed by atoms with van der Waals surface area (Å²) in [5, 5.41) is 13.9. The standard InChI is InChI=1S/C24H18Cl3NO5S/c1-11-9-12(25)6-7-15(11)28-19(16-5-4-8-34-16)17(21(30)24(28)31)20(29)13-10-14(26)23(33-3)18(27)22(13)32-2/h4-10,19,29H,1-3H3/b20-17-. The van der Waals surface area contributed by atoms with Gasteiger partial charge in [0.1, 0.15) is 16.8 Å². The molecule has 1 aromatic heterocycles. The monoisotopic (exact) mass is 537 g/mol. The average molecular weight is 539 g/mol. The third kappa shape index (κ3) is 3.92. The number of benzene rings is 2. The molecule has 0 spiro atoms. The molecule has 1 saturated heterocycles. The highest BCUT2D eigenvalue weighted by atomic mass is 35.5. The number of hydrogen-bond acceptors (Lipinski definition) is 6. The fourth-order valence-electron chi connectivity index (χ4n) is 3.98. The van der Waals surface area contributed by atoms with E-state index < -0.39 is 23.5 Å². The quantitative estimate of drug-likeness (QED) is 0.223. The molecule has 0 aliphatic carbocycles. The minimum Gasteiger partial charge on any atom is -0.507 e. The fourth-order valence-corrected chi connectivity index (χ4v) is 5.72. The molecule has 1 unspecified atom stereocenters. The van der Waals surface area contributed by atoms with Gasteiger partial charge in [-0.15, -0.1) is 11.3 Å². The molecule has 1 aliphatic heterocycles. The number of rotatable bonds is 5. The molecule has 6 nitrogen and oxygen atoms in total. The molecule has 0 bridgehead atoms. The molecule has 176 valence electrons. The minimum atomic E-state index is -0.885. The molecule has 2 aromatic carbocycles. The normalized spacial score (nSPS) is 17.4. The number of methoxy groups -OCH3 is 2. The van der Waals surface area contributed by atoms with Crippen LogP contribution in [0.15, 0.2) is 47.4 Å². The molecule has 1 fully saturated rings. The molecule has 1 amide bonds. The Bertz CT molecular complexity index is 1340. The Balaban J connectivity index is 2.00. The van der Waals surface area contributed by atoms with E-state index in [-0.39, 0.29) is 32.7 Å². The molecule has 1 atom stereocenters. The van der Waals surface area contributed by atoms with E-state index in [1.165, 1.54) is 36.5 Å². The highest BCUT2D eigenvalue weighted by molar-refractivity contribution is 7.10. The van der Waals surface area contributed by atoms with E-state index in [1.807, 2.05) is 5.38 Å². The van der Waals surface area contributed by atoms with E-state index in [9.17, 15) is 14.7 Å². The van der Waals surface area contributed by atoms with Crippen molar-refractivity contribution in [2.24, 2.45) is 0 Å². The number of ketones is 1. The number of amides is 1. The summed E-state index contributed by atoms with van der Waals surface area (Å²) in [6, 6.07) is 9.10. The highest BCUT2D eigenvalue weighted by Crippen LogP contribution is 2.49. The number of hydrogen-bond donors (Lipinski definition) is 1. The molecule has 34 heavy (non-hydrogen) atoms. The predicted octanol–water partition coefficient (Wildman–Crippen LogP) is 6.66. The first-order chi connectivity index (χ1) is 16.2. The maximum Gasteiger partial charge on any atom is 0.300 e. The van der Waals surface area contributed by atoms with Gasteiger partial charge in [-0.3, -0.25) is 14.5 Å². The van der Waals surface area contributed by atoms with Gasteiger partial charge in [-0.1, -0.05) is 40.9 Å². The molecule has 4 rings (SSSR count). The largest absolute Gasteiger partial charge is 0.507 e. The fraction of sp³-hybridized carbons (Fsp3) is 0.167. The zero-order valence-corrected chi connectivity index (χ0v) is 21.3. The number of aryl methyl sites for hydroxylation is 1. The Morgan fingerprint density at radius 1 is 1.06 bits per heavy atom. The second-order valence-electron chi connectivity index (χ2n) is 7.40. The summed E-state index contributed by atoms with van der Waals surface area (Å²) in [7, 11) is 2.75. The Labute approximate surface area is 214 Å². The number of ether oxygens (including phenoxy) is 2. The molecule has 10 heteroatoms. The molecule has 0 radical (unpaired) electrons. The van der Waals surface area contributed by atoms with Crippen LogP contribution in [0.1, 0.15) is 22.0 Å². The highest BCUT2D eigenvalue weighted by Gasteiger charge is 2.48. The van der Waals surface area contributed by atoms with E-state index in [0.717, 1.165) is 0 Å². The first-order valence-electron chi connectivity index (χ1n) is 9.92. The van der Waals surface area contributed by atoms with Gasteiger partial charge in [0.2, 0.25) is 0 Å². The van der Waals surface area contributed by atoms with Gasteiger partial charge in [0.15, 0.2) is 11.5 Å². The van der Waals surface area contributed by atoms with Gasteiger partial charge >= 0.3 is 0 Å². The van der Waals surface area contributed by atoms with E-state index >= 15 is 0 Å².